The minimum absolute atomic E-state index is 0.124. The first-order chi connectivity index (χ1) is 13.6. The normalized spacial score (nSPS) is 11.1. The highest BCUT2D eigenvalue weighted by Crippen LogP contribution is 2.25. The minimum atomic E-state index is -0.923. The zero-order valence-corrected chi connectivity index (χ0v) is 16.0. The number of fused-ring (bicyclic) bond motifs is 1. The third kappa shape index (κ3) is 4.37. The summed E-state index contributed by atoms with van der Waals surface area (Å²) in [5.41, 5.74) is 2.38. The molecule has 2 aromatic carbocycles. The van der Waals surface area contributed by atoms with Crippen LogP contribution in [0, 0.1) is 11.6 Å². The number of amides is 1. The Balaban J connectivity index is 1.35. The summed E-state index contributed by atoms with van der Waals surface area (Å²) >= 11 is 2.80. The van der Waals surface area contributed by atoms with Gasteiger partial charge in [0.1, 0.15) is 5.01 Å². The molecule has 0 aliphatic carbocycles. The number of carbonyl (C=O) groups excluding carboxylic acids is 1. The Morgan fingerprint density at radius 1 is 1.14 bits per heavy atom. The SMILES string of the molecule is O=C(Cc1nc(CSc2nc3cc(F)c(F)cc3[nH]2)cs1)Nc1ccccc1. The number of aromatic amines is 1. The fourth-order valence-corrected chi connectivity index (χ4v) is 4.23. The fraction of sp³-hybridized carbons (Fsp3) is 0.105. The van der Waals surface area contributed by atoms with Gasteiger partial charge in [-0.1, -0.05) is 30.0 Å². The quantitative estimate of drug-likeness (QED) is 0.444. The van der Waals surface area contributed by atoms with E-state index in [1.807, 2.05) is 35.7 Å². The van der Waals surface area contributed by atoms with Crippen LogP contribution in [0.1, 0.15) is 10.7 Å². The molecule has 0 spiro atoms. The second kappa shape index (κ2) is 8.07. The smallest absolute Gasteiger partial charge is 0.231 e. The molecule has 2 aromatic heterocycles. The molecule has 9 heteroatoms. The molecule has 0 aliphatic rings. The third-order valence-electron chi connectivity index (χ3n) is 3.83. The van der Waals surface area contributed by atoms with Crippen molar-refractivity contribution < 1.29 is 13.6 Å². The Labute approximate surface area is 167 Å². The van der Waals surface area contributed by atoms with Crippen LogP contribution in [-0.4, -0.2) is 20.9 Å². The average molecular weight is 416 g/mol. The number of aromatic nitrogens is 3. The van der Waals surface area contributed by atoms with Crippen LogP contribution < -0.4 is 5.32 Å². The molecule has 2 heterocycles. The number of hydrogen-bond acceptors (Lipinski definition) is 5. The van der Waals surface area contributed by atoms with Crippen molar-refractivity contribution in [2.75, 3.05) is 5.32 Å². The lowest BCUT2D eigenvalue weighted by Gasteiger charge is -2.02. The summed E-state index contributed by atoms with van der Waals surface area (Å²) in [5, 5.41) is 5.99. The molecule has 1 amide bonds. The van der Waals surface area contributed by atoms with Crippen molar-refractivity contribution in [3.05, 3.63) is 70.2 Å². The molecule has 2 N–H and O–H groups in total. The third-order valence-corrected chi connectivity index (χ3v) is 5.63. The summed E-state index contributed by atoms with van der Waals surface area (Å²) in [6.07, 6.45) is 0.202. The minimum Gasteiger partial charge on any atom is -0.333 e. The van der Waals surface area contributed by atoms with Gasteiger partial charge in [0.25, 0.3) is 0 Å². The van der Waals surface area contributed by atoms with Crippen LogP contribution in [0.3, 0.4) is 0 Å². The van der Waals surface area contributed by atoms with Gasteiger partial charge in [-0.2, -0.15) is 0 Å². The summed E-state index contributed by atoms with van der Waals surface area (Å²) in [4.78, 5) is 23.8. The van der Waals surface area contributed by atoms with E-state index in [1.54, 1.807) is 0 Å². The molecule has 0 saturated carbocycles. The molecule has 0 aliphatic heterocycles. The van der Waals surface area contributed by atoms with Crippen molar-refractivity contribution in [1.29, 1.82) is 0 Å². The first-order valence-corrected chi connectivity index (χ1v) is 10.2. The number of nitrogens with zero attached hydrogens (tertiary/aromatic N) is 2. The number of imidazole rings is 1. The van der Waals surface area contributed by atoms with E-state index in [0.717, 1.165) is 28.5 Å². The van der Waals surface area contributed by atoms with Gasteiger partial charge in [-0.05, 0) is 12.1 Å². The van der Waals surface area contributed by atoms with Gasteiger partial charge in [-0.3, -0.25) is 4.79 Å². The predicted octanol–water partition coefficient (Wildman–Crippen LogP) is 4.77. The second-order valence-electron chi connectivity index (χ2n) is 5.94. The molecule has 28 heavy (non-hydrogen) atoms. The predicted molar refractivity (Wildman–Crippen MR) is 106 cm³/mol. The topological polar surface area (TPSA) is 70.7 Å². The molecular formula is C19H14F2N4OS2. The number of thioether (sulfide) groups is 1. The van der Waals surface area contributed by atoms with Crippen LogP contribution in [0.5, 0.6) is 0 Å². The maximum absolute atomic E-state index is 13.3. The Morgan fingerprint density at radius 3 is 2.75 bits per heavy atom. The maximum atomic E-state index is 13.3. The van der Waals surface area contributed by atoms with Crippen LogP contribution in [0.4, 0.5) is 14.5 Å². The van der Waals surface area contributed by atoms with E-state index in [4.69, 9.17) is 0 Å². The van der Waals surface area contributed by atoms with Crippen LogP contribution in [0.15, 0.2) is 53.0 Å². The van der Waals surface area contributed by atoms with Gasteiger partial charge in [-0.25, -0.2) is 18.7 Å². The van der Waals surface area contributed by atoms with Gasteiger partial charge in [0.2, 0.25) is 5.91 Å². The largest absolute Gasteiger partial charge is 0.333 e. The summed E-state index contributed by atoms with van der Waals surface area (Å²) in [6, 6.07) is 11.4. The first-order valence-electron chi connectivity index (χ1n) is 8.32. The highest BCUT2D eigenvalue weighted by molar-refractivity contribution is 7.98. The molecular weight excluding hydrogens is 402 g/mol. The molecule has 0 atom stereocenters. The van der Waals surface area contributed by atoms with Crippen molar-refractivity contribution in [2.24, 2.45) is 0 Å². The number of benzene rings is 2. The number of halogens is 2. The highest BCUT2D eigenvalue weighted by atomic mass is 32.2. The number of para-hydroxylation sites is 1. The van der Waals surface area contributed by atoms with Crippen LogP contribution in [0.2, 0.25) is 0 Å². The summed E-state index contributed by atoms with van der Waals surface area (Å²) in [5.74, 6) is -1.43. The molecule has 4 rings (SSSR count). The number of carbonyl (C=O) groups is 1. The number of rotatable bonds is 6. The molecule has 0 fully saturated rings. The number of anilines is 1. The second-order valence-corrected chi connectivity index (χ2v) is 7.84. The van der Waals surface area contributed by atoms with E-state index < -0.39 is 11.6 Å². The van der Waals surface area contributed by atoms with Crippen molar-refractivity contribution >= 4 is 45.7 Å². The molecule has 0 saturated heterocycles. The van der Waals surface area contributed by atoms with Crippen molar-refractivity contribution in [2.45, 2.75) is 17.3 Å². The van der Waals surface area contributed by atoms with Crippen molar-refractivity contribution in [3.8, 4) is 0 Å². The van der Waals surface area contributed by atoms with Gasteiger partial charge < -0.3 is 10.3 Å². The molecule has 0 bridgehead atoms. The molecule has 4 aromatic rings. The van der Waals surface area contributed by atoms with Gasteiger partial charge in [0, 0.05) is 29.0 Å². The van der Waals surface area contributed by atoms with E-state index in [-0.39, 0.29) is 12.3 Å². The van der Waals surface area contributed by atoms with Crippen molar-refractivity contribution in [1.82, 2.24) is 15.0 Å². The van der Waals surface area contributed by atoms with Gasteiger partial charge >= 0.3 is 0 Å². The zero-order chi connectivity index (χ0) is 19.5. The Hall–Kier alpha value is -2.78. The fourth-order valence-electron chi connectivity index (χ4n) is 2.55. The number of H-pyrrole nitrogens is 1. The Bertz CT molecular complexity index is 1090. The maximum Gasteiger partial charge on any atom is 0.231 e. The van der Waals surface area contributed by atoms with Gasteiger partial charge in [-0.15, -0.1) is 11.3 Å². The summed E-state index contributed by atoms with van der Waals surface area (Å²) in [6.45, 7) is 0. The Kier molecular flexibility index (Phi) is 5.36. The average Bonchev–Trinajstić information content (AvgIpc) is 3.27. The molecule has 0 radical (unpaired) electrons. The van der Waals surface area contributed by atoms with E-state index >= 15 is 0 Å². The van der Waals surface area contributed by atoms with Gasteiger partial charge in [0.05, 0.1) is 23.1 Å². The monoisotopic (exact) mass is 416 g/mol. The van der Waals surface area contributed by atoms with Gasteiger partial charge in [0.15, 0.2) is 16.8 Å². The van der Waals surface area contributed by atoms with Crippen LogP contribution >= 0.6 is 23.1 Å². The van der Waals surface area contributed by atoms with E-state index in [0.29, 0.717) is 21.9 Å². The molecule has 142 valence electrons. The Morgan fingerprint density at radius 2 is 1.93 bits per heavy atom. The van der Waals surface area contributed by atoms with Crippen LogP contribution in [0.25, 0.3) is 11.0 Å². The van der Waals surface area contributed by atoms with Crippen molar-refractivity contribution in [3.63, 3.8) is 0 Å². The number of thiazole rings is 1. The first kappa shape index (κ1) is 18.6. The van der Waals surface area contributed by atoms with E-state index in [9.17, 15) is 13.6 Å². The number of hydrogen-bond donors (Lipinski definition) is 2. The molecule has 5 nitrogen and oxygen atoms in total. The zero-order valence-electron chi connectivity index (χ0n) is 14.4. The van der Waals surface area contributed by atoms with E-state index in [1.165, 1.54) is 23.1 Å². The lowest BCUT2D eigenvalue weighted by atomic mass is 10.3. The summed E-state index contributed by atoms with van der Waals surface area (Å²) < 4.78 is 26.6. The standard InChI is InChI=1S/C19H14F2N4OS2/c20-13-6-15-16(7-14(13)21)25-19(24-15)28-10-12-9-27-18(23-12)8-17(26)22-11-4-2-1-3-5-11/h1-7,9H,8,10H2,(H,22,26)(H,24,25). The molecule has 0 unspecified atom stereocenters. The van der Waals surface area contributed by atoms with E-state index in [2.05, 4.69) is 20.3 Å². The highest BCUT2D eigenvalue weighted by Gasteiger charge is 2.11. The summed E-state index contributed by atoms with van der Waals surface area (Å²) in [7, 11) is 0. The number of nitrogens with one attached hydrogen (secondary N) is 2. The lowest BCUT2D eigenvalue weighted by molar-refractivity contribution is -0.115. The lowest BCUT2D eigenvalue weighted by Crippen LogP contribution is -2.14. The van der Waals surface area contributed by atoms with Crippen LogP contribution in [-0.2, 0) is 17.0 Å².